The lowest BCUT2D eigenvalue weighted by atomic mass is 9.87. The molecule has 0 saturated heterocycles. The van der Waals surface area contributed by atoms with Gasteiger partial charge in [0, 0.05) is 11.3 Å². The highest BCUT2D eigenvalue weighted by Crippen LogP contribution is 2.30. The molecule has 0 saturated carbocycles. The summed E-state index contributed by atoms with van der Waals surface area (Å²) in [5.74, 6) is 0.647. The summed E-state index contributed by atoms with van der Waals surface area (Å²) in [4.78, 5) is 4.64. The fourth-order valence-corrected chi connectivity index (χ4v) is 2.44. The van der Waals surface area contributed by atoms with Gasteiger partial charge in [-0.15, -0.1) is 0 Å². The summed E-state index contributed by atoms with van der Waals surface area (Å²) in [6.07, 6.45) is 0. The van der Waals surface area contributed by atoms with Gasteiger partial charge in [-0.05, 0) is 53.8 Å². The zero-order valence-electron chi connectivity index (χ0n) is 12.9. The van der Waals surface area contributed by atoms with E-state index in [0.717, 1.165) is 27.9 Å². The van der Waals surface area contributed by atoms with Crippen LogP contribution in [0.2, 0.25) is 0 Å². The molecule has 0 radical (unpaired) electrons. The van der Waals surface area contributed by atoms with E-state index in [9.17, 15) is 0 Å². The molecule has 1 heterocycles. The number of nitrogens with two attached hydrogens (primary N) is 1. The molecule has 0 aliphatic heterocycles. The highest BCUT2D eigenvalue weighted by Gasteiger charge is 2.16. The van der Waals surface area contributed by atoms with Crippen LogP contribution < -0.4 is 5.73 Å². The maximum Gasteiger partial charge on any atom is 0.227 e. The van der Waals surface area contributed by atoms with Crippen LogP contribution in [0.3, 0.4) is 0 Å². The molecule has 3 heteroatoms. The maximum atomic E-state index is 5.89. The number of aryl methyl sites for hydroxylation is 1. The Morgan fingerprint density at radius 3 is 2.48 bits per heavy atom. The molecular formula is C18H20N2O. The summed E-state index contributed by atoms with van der Waals surface area (Å²) in [6, 6.07) is 12.0. The van der Waals surface area contributed by atoms with Gasteiger partial charge in [0.1, 0.15) is 5.52 Å². The van der Waals surface area contributed by atoms with Crippen molar-refractivity contribution >= 4 is 16.8 Å². The van der Waals surface area contributed by atoms with E-state index in [1.54, 1.807) is 0 Å². The van der Waals surface area contributed by atoms with E-state index in [2.05, 4.69) is 37.9 Å². The molecule has 21 heavy (non-hydrogen) atoms. The number of fused-ring (bicyclic) bond motifs is 1. The molecule has 3 rings (SSSR count). The Morgan fingerprint density at radius 1 is 1.05 bits per heavy atom. The lowest BCUT2D eigenvalue weighted by Crippen LogP contribution is -2.10. The summed E-state index contributed by atoms with van der Waals surface area (Å²) in [5, 5.41) is 0. The van der Waals surface area contributed by atoms with Crippen molar-refractivity contribution < 1.29 is 4.42 Å². The normalized spacial score (nSPS) is 12.0. The number of rotatable bonds is 1. The first-order valence-electron chi connectivity index (χ1n) is 7.12. The van der Waals surface area contributed by atoms with Gasteiger partial charge in [0.15, 0.2) is 5.58 Å². The van der Waals surface area contributed by atoms with Crippen LogP contribution in [0.1, 0.15) is 31.9 Å². The summed E-state index contributed by atoms with van der Waals surface area (Å²) >= 11 is 0. The van der Waals surface area contributed by atoms with Crippen LogP contribution >= 0.6 is 0 Å². The van der Waals surface area contributed by atoms with E-state index in [1.165, 1.54) is 5.56 Å². The lowest BCUT2D eigenvalue weighted by molar-refractivity contribution is 0.590. The van der Waals surface area contributed by atoms with E-state index >= 15 is 0 Å². The predicted molar refractivity (Wildman–Crippen MR) is 87.3 cm³/mol. The molecule has 0 aliphatic carbocycles. The van der Waals surface area contributed by atoms with Crippen LogP contribution in [-0.4, -0.2) is 4.98 Å². The third-order valence-corrected chi connectivity index (χ3v) is 3.73. The zero-order valence-corrected chi connectivity index (χ0v) is 12.9. The smallest absolute Gasteiger partial charge is 0.227 e. The average Bonchev–Trinajstić information content (AvgIpc) is 2.79. The monoisotopic (exact) mass is 280 g/mol. The number of hydrogen-bond acceptors (Lipinski definition) is 3. The molecule has 0 spiro atoms. The summed E-state index contributed by atoms with van der Waals surface area (Å²) in [6.45, 7) is 8.60. The first kappa shape index (κ1) is 13.7. The third kappa shape index (κ3) is 2.51. The SMILES string of the molecule is Cc1cc(N)ccc1-c1nc2cc(C(C)(C)C)ccc2o1. The fourth-order valence-electron chi connectivity index (χ4n) is 2.44. The van der Waals surface area contributed by atoms with Gasteiger partial charge in [-0.1, -0.05) is 26.8 Å². The van der Waals surface area contributed by atoms with E-state index in [-0.39, 0.29) is 5.41 Å². The van der Waals surface area contributed by atoms with Gasteiger partial charge in [-0.25, -0.2) is 4.98 Å². The molecule has 1 aromatic heterocycles. The van der Waals surface area contributed by atoms with Crippen molar-refractivity contribution in [2.24, 2.45) is 0 Å². The number of benzene rings is 2. The van der Waals surface area contributed by atoms with Gasteiger partial charge in [-0.3, -0.25) is 0 Å². The molecule has 0 aliphatic rings. The lowest BCUT2D eigenvalue weighted by Gasteiger charge is -2.18. The number of oxazole rings is 1. The molecule has 2 aromatic carbocycles. The maximum absolute atomic E-state index is 5.89. The summed E-state index contributed by atoms with van der Waals surface area (Å²) in [5.41, 5.74) is 11.7. The second-order valence-corrected chi connectivity index (χ2v) is 6.53. The van der Waals surface area contributed by atoms with Crippen molar-refractivity contribution in [3.8, 4) is 11.5 Å². The highest BCUT2D eigenvalue weighted by atomic mass is 16.3. The average molecular weight is 280 g/mol. The molecule has 3 aromatic rings. The number of aromatic nitrogens is 1. The van der Waals surface area contributed by atoms with Gasteiger partial charge in [0.2, 0.25) is 5.89 Å². The van der Waals surface area contributed by atoms with Gasteiger partial charge in [0.25, 0.3) is 0 Å². The van der Waals surface area contributed by atoms with Crippen molar-refractivity contribution in [3.05, 3.63) is 47.5 Å². The van der Waals surface area contributed by atoms with E-state index in [1.807, 2.05) is 31.2 Å². The predicted octanol–water partition coefficient (Wildman–Crippen LogP) is 4.68. The largest absolute Gasteiger partial charge is 0.436 e. The first-order valence-corrected chi connectivity index (χ1v) is 7.12. The van der Waals surface area contributed by atoms with Gasteiger partial charge < -0.3 is 10.2 Å². The Bertz CT molecular complexity index is 810. The second kappa shape index (κ2) is 4.62. The minimum absolute atomic E-state index is 0.102. The highest BCUT2D eigenvalue weighted by molar-refractivity contribution is 5.78. The van der Waals surface area contributed by atoms with Crippen LogP contribution in [0.15, 0.2) is 40.8 Å². The third-order valence-electron chi connectivity index (χ3n) is 3.73. The molecule has 3 nitrogen and oxygen atoms in total. The van der Waals surface area contributed by atoms with Crippen LogP contribution in [0.25, 0.3) is 22.6 Å². The van der Waals surface area contributed by atoms with Crippen LogP contribution in [0.5, 0.6) is 0 Å². The number of nitrogens with zero attached hydrogens (tertiary/aromatic N) is 1. The Labute approximate surface area is 124 Å². The first-order chi connectivity index (χ1) is 9.84. The Balaban J connectivity index is 2.13. The quantitative estimate of drug-likeness (QED) is 0.658. The minimum Gasteiger partial charge on any atom is -0.436 e. The van der Waals surface area contributed by atoms with E-state index in [4.69, 9.17) is 10.2 Å². The molecule has 0 unspecified atom stereocenters. The number of anilines is 1. The van der Waals surface area contributed by atoms with Crippen molar-refractivity contribution in [3.63, 3.8) is 0 Å². The molecule has 0 amide bonds. The second-order valence-electron chi connectivity index (χ2n) is 6.53. The van der Waals surface area contributed by atoms with E-state index < -0.39 is 0 Å². The molecular weight excluding hydrogens is 260 g/mol. The standard InChI is InChI=1S/C18H20N2O/c1-11-9-13(19)6-7-14(11)17-20-15-10-12(18(2,3)4)5-8-16(15)21-17/h5-10H,19H2,1-4H3. The van der Waals surface area contributed by atoms with Gasteiger partial charge in [0.05, 0.1) is 0 Å². The van der Waals surface area contributed by atoms with Gasteiger partial charge >= 0.3 is 0 Å². The Hall–Kier alpha value is -2.29. The Morgan fingerprint density at radius 2 is 1.81 bits per heavy atom. The van der Waals surface area contributed by atoms with Crippen molar-refractivity contribution in [2.75, 3.05) is 5.73 Å². The Kier molecular flexibility index (Phi) is 3.01. The minimum atomic E-state index is 0.102. The molecule has 108 valence electrons. The van der Waals surface area contributed by atoms with Crippen LogP contribution in [0, 0.1) is 6.92 Å². The van der Waals surface area contributed by atoms with E-state index in [0.29, 0.717) is 5.89 Å². The van der Waals surface area contributed by atoms with Gasteiger partial charge in [-0.2, -0.15) is 0 Å². The van der Waals surface area contributed by atoms with Crippen molar-refractivity contribution in [1.82, 2.24) is 4.98 Å². The van der Waals surface area contributed by atoms with Crippen LogP contribution in [0.4, 0.5) is 5.69 Å². The fraction of sp³-hybridized carbons (Fsp3) is 0.278. The summed E-state index contributed by atoms with van der Waals surface area (Å²) < 4.78 is 5.89. The topological polar surface area (TPSA) is 52.0 Å². The van der Waals surface area contributed by atoms with Crippen molar-refractivity contribution in [1.29, 1.82) is 0 Å². The number of nitrogen functional groups attached to an aromatic ring is 1. The molecule has 0 atom stereocenters. The van der Waals surface area contributed by atoms with Crippen molar-refractivity contribution in [2.45, 2.75) is 33.1 Å². The zero-order chi connectivity index (χ0) is 15.2. The van der Waals surface area contributed by atoms with Crippen LogP contribution in [-0.2, 0) is 5.41 Å². The number of hydrogen-bond donors (Lipinski definition) is 1. The molecule has 0 fully saturated rings. The molecule has 2 N–H and O–H groups in total. The summed E-state index contributed by atoms with van der Waals surface area (Å²) in [7, 11) is 0. The molecule has 0 bridgehead atoms.